The van der Waals surface area contributed by atoms with Crippen LogP contribution in [0.5, 0.6) is 0 Å². The molecule has 1 atom stereocenters. The maximum Gasteiger partial charge on any atom is 0.408 e. The van der Waals surface area contributed by atoms with Gasteiger partial charge in [-0.1, -0.05) is 0 Å². The van der Waals surface area contributed by atoms with Crippen LogP contribution in [0.4, 0.5) is 4.79 Å². The van der Waals surface area contributed by atoms with Crippen molar-refractivity contribution in [1.29, 1.82) is 0 Å². The summed E-state index contributed by atoms with van der Waals surface area (Å²) < 4.78 is 5.09. The number of alkyl carbamates (subject to hydrolysis) is 1. The highest BCUT2D eigenvalue weighted by atomic mass is 16.6. The standard InChI is InChI=1S/C13H23N3O4/c1-9(15-12(19)20-13(2,3)4)11(18)16-7-5-6-14-10(17)8-16/h9H,5-8H2,1-4H3,(H,14,17)(H,15,19). The van der Waals surface area contributed by atoms with Crippen LogP contribution in [0.3, 0.4) is 0 Å². The number of nitrogens with zero attached hydrogens (tertiary/aromatic N) is 1. The number of ether oxygens (including phenoxy) is 1. The van der Waals surface area contributed by atoms with E-state index < -0.39 is 17.7 Å². The van der Waals surface area contributed by atoms with E-state index >= 15 is 0 Å². The van der Waals surface area contributed by atoms with Crippen LogP contribution in [0.25, 0.3) is 0 Å². The van der Waals surface area contributed by atoms with Gasteiger partial charge in [0.1, 0.15) is 11.6 Å². The molecule has 0 saturated carbocycles. The van der Waals surface area contributed by atoms with Gasteiger partial charge in [-0.2, -0.15) is 0 Å². The third kappa shape index (κ3) is 5.46. The second-order valence-corrected chi connectivity index (χ2v) is 5.83. The average molecular weight is 285 g/mol. The van der Waals surface area contributed by atoms with Crippen LogP contribution in [-0.2, 0) is 14.3 Å². The summed E-state index contributed by atoms with van der Waals surface area (Å²) >= 11 is 0. The van der Waals surface area contributed by atoms with Gasteiger partial charge in [0, 0.05) is 13.1 Å². The van der Waals surface area contributed by atoms with Crippen molar-refractivity contribution in [3.8, 4) is 0 Å². The molecule has 1 aliphatic heterocycles. The molecule has 1 aliphatic rings. The van der Waals surface area contributed by atoms with E-state index in [1.165, 1.54) is 4.90 Å². The zero-order valence-electron chi connectivity index (χ0n) is 12.5. The van der Waals surface area contributed by atoms with Crippen molar-refractivity contribution in [2.45, 2.75) is 45.8 Å². The van der Waals surface area contributed by atoms with Crippen molar-refractivity contribution in [2.75, 3.05) is 19.6 Å². The minimum atomic E-state index is -0.726. The summed E-state index contributed by atoms with van der Waals surface area (Å²) in [4.78, 5) is 36.6. The van der Waals surface area contributed by atoms with Gasteiger partial charge in [0.05, 0.1) is 6.54 Å². The fourth-order valence-corrected chi connectivity index (χ4v) is 1.81. The molecule has 2 N–H and O–H groups in total. The number of nitrogens with one attached hydrogen (secondary N) is 2. The lowest BCUT2D eigenvalue weighted by molar-refractivity contribution is -0.136. The molecule has 1 unspecified atom stereocenters. The molecule has 0 bridgehead atoms. The Morgan fingerprint density at radius 3 is 2.65 bits per heavy atom. The molecule has 7 nitrogen and oxygen atoms in total. The van der Waals surface area contributed by atoms with Crippen LogP contribution in [0, 0.1) is 0 Å². The molecule has 0 aliphatic carbocycles. The van der Waals surface area contributed by atoms with Gasteiger partial charge in [-0.3, -0.25) is 9.59 Å². The topological polar surface area (TPSA) is 87.7 Å². The molecular formula is C13H23N3O4. The Morgan fingerprint density at radius 2 is 2.05 bits per heavy atom. The smallest absolute Gasteiger partial charge is 0.408 e. The van der Waals surface area contributed by atoms with Crippen molar-refractivity contribution >= 4 is 17.9 Å². The molecule has 1 fully saturated rings. The number of carbonyl (C=O) groups excluding carboxylic acids is 3. The summed E-state index contributed by atoms with van der Waals surface area (Å²) in [7, 11) is 0. The minimum Gasteiger partial charge on any atom is -0.444 e. The first kappa shape index (κ1) is 16.3. The molecule has 0 aromatic carbocycles. The van der Waals surface area contributed by atoms with Gasteiger partial charge in [-0.05, 0) is 34.1 Å². The summed E-state index contributed by atoms with van der Waals surface area (Å²) in [5, 5.41) is 5.18. The van der Waals surface area contributed by atoms with E-state index in [0.717, 1.165) is 0 Å². The molecule has 0 spiro atoms. The van der Waals surface area contributed by atoms with E-state index in [1.807, 2.05) is 0 Å². The molecule has 7 heteroatoms. The number of amides is 3. The number of hydrogen-bond acceptors (Lipinski definition) is 4. The second-order valence-electron chi connectivity index (χ2n) is 5.83. The number of hydrogen-bond donors (Lipinski definition) is 2. The molecule has 0 aromatic heterocycles. The fraction of sp³-hybridized carbons (Fsp3) is 0.769. The van der Waals surface area contributed by atoms with Crippen LogP contribution < -0.4 is 10.6 Å². The Bertz CT molecular complexity index is 390. The van der Waals surface area contributed by atoms with E-state index in [9.17, 15) is 14.4 Å². The number of carbonyl (C=O) groups is 3. The molecular weight excluding hydrogens is 262 g/mol. The fourth-order valence-electron chi connectivity index (χ4n) is 1.81. The Hall–Kier alpha value is -1.79. The van der Waals surface area contributed by atoms with Crippen LogP contribution in [0.15, 0.2) is 0 Å². The molecule has 1 rings (SSSR count). The van der Waals surface area contributed by atoms with Gasteiger partial charge in [0.25, 0.3) is 0 Å². The first-order valence-electron chi connectivity index (χ1n) is 6.74. The molecule has 20 heavy (non-hydrogen) atoms. The summed E-state index contributed by atoms with van der Waals surface area (Å²) in [5.41, 5.74) is -0.616. The highest BCUT2D eigenvalue weighted by molar-refractivity contribution is 5.89. The Morgan fingerprint density at radius 1 is 1.40 bits per heavy atom. The van der Waals surface area contributed by atoms with Gasteiger partial charge in [0.2, 0.25) is 11.8 Å². The predicted octanol–water partition coefficient (Wildman–Crippen LogP) is 0.248. The van der Waals surface area contributed by atoms with Gasteiger partial charge in [-0.25, -0.2) is 4.79 Å². The first-order chi connectivity index (χ1) is 9.19. The van der Waals surface area contributed by atoms with Crippen molar-refractivity contribution in [1.82, 2.24) is 15.5 Å². The normalized spacial score (nSPS) is 17.8. The van der Waals surface area contributed by atoms with Crippen LogP contribution in [-0.4, -0.2) is 54.1 Å². The van der Waals surface area contributed by atoms with Crippen LogP contribution in [0.1, 0.15) is 34.1 Å². The van der Waals surface area contributed by atoms with Gasteiger partial charge in [0.15, 0.2) is 0 Å². The molecule has 1 heterocycles. The molecule has 0 radical (unpaired) electrons. The average Bonchev–Trinajstić information content (AvgIpc) is 2.50. The third-order valence-corrected chi connectivity index (χ3v) is 2.68. The highest BCUT2D eigenvalue weighted by Gasteiger charge is 2.26. The van der Waals surface area contributed by atoms with Crippen LogP contribution in [0.2, 0.25) is 0 Å². The lowest BCUT2D eigenvalue weighted by atomic mass is 10.2. The lowest BCUT2D eigenvalue weighted by Gasteiger charge is -2.25. The van der Waals surface area contributed by atoms with Gasteiger partial charge < -0.3 is 20.3 Å². The Kier molecular flexibility index (Phi) is 5.35. The molecule has 0 aromatic rings. The van der Waals surface area contributed by atoms with E-state index in [0.29, 0.717) is 19.5 Å². The maximum absolute atomic E-state index is 12.2. The highest BCUT2D eigenvalue weighted by Crippen LogP contribution is 2.07. The van der Waals surface area contributed by atoms with Crippen molar-refractivity contribution in [3.05, 3.63) is 0 Å². The Balaban J connectivity index is 2.53. The minimum absolute atomic E-state index is 0.0270. The molecule has 3 amide bonds. The number of rotatable bonds is 2. The zero-order chi connectivity index (χ0) is 15.3. The SMILES string of the molecule is CC(NC(=O)OC(C)(C)C)C(=O)N1CCCNC(=O)C1. The van der Waals surface area contributed by atoms with E-state index in [-0.39, 0.29) is 18.4 Å². The van der Waals surface area contributed by atoms with E-state index in [4.69, 9.17) is 4.74 Å². The first-order valence-corrected chi connectivity index (χ1v) is 6.74. The lowest BCUT2D eigenvalue weighted by Crippen LogP contribution is -2.49. The summed E-state index contributed by atoms with van der Waals surface area (Å²) in [5.74, 6) is -0.465. The quantitative estimate of drug-likeness (QED) is 0.761. The summed E-state index contributed by atoms with van der Waals surface area (Å²) in [6.45, 7) is 7.91. The van der Waals surface area contributed by atoms with Gasteiger partial charge in [-0.15, -0.1) is 0 Å². The van der Waals surface area contributed by atoms with E-state index in [1.54, 1.807) is 27.7 Å². The zero-order valence-corrected chi connectivity index (χ0v) is 12.5. The molecule has 114 valence electrons. The van der Waals surface area contributed by atoms with Crippen molar-refractivity contribution in [3.63, 3.8) is 0 Å². The van der Waals surface area contributed by atoms with Crippen LogP contribution >= 0.6 is 0 Å². The monoisotopic (exact) mass is 285 g/mol. The summed E-state index contributed by atoms with van der Waals surface area (Å²) in [6.07, 6.45) is 0.0639. The maximum atomic E-state index is 12.2. The molecule has 1 saturated heterocycles. The van der Waals surface area contributed by atoms with Crippen molar-refractivity contribution < 1.29 is 19.1 Å². The van der Waals surface area contributed by atoms with Gasteiger partial charge >= 0.3 is 6.09 Å². The summed E-state index contributed by atoms with van der Waals surface area (Å²) in [6, 6.07) is -0.726. The third-order valence-electron chi connectivity index (χ3n) is 2.68. The predicted molar refractivity (Wildman–Crippen MR) is 73.0 cm³/mol. The Labute approximate surface area is 119 Å². The largest absolute Gasteiger partial charge is 0.444 e. The van der Waals surface area contributed by atoms with E-state index in [2.05, 4.69) is 10.6 Å². The second kappa shape index (κ2) is 6.58. The van der Waals surface area contributed by atoms with Crippen molar-refractivity contribution in [2.24, 2.45) is 0 Å².